The van der Waals surface area contributed by atoms with E-state index in [9.17, 15) is 0 Å². The molecule has 19 heavy (non-hydrogen) atoms. The molecular weight excluding hydrogens is 279 g/mol. The molecule has 4 heteroatoms. The Kier molecular flexibility index (Phi) is 4.97. The second kappa shape index (κ2) is 6.32. The summed E-state index contributed by atoms with van der Waals surface area (Å²) in [5.41, 5.74) is 0.415. The lowest BCUT2D eigenvalue weighted by molar-refractivity contribution is 0.252. The van der Waals surface area contributed by atoms with Gasteiger partial charge in [-0.3, -0.25) is 0 Å². The van der Waals surface area contributed by atoms with Gasteiger partial charge in [0.25, 0.3) is 0 Å². The highest BCUT2D eigenvalue weighted by atomic mass is 35.5. The minimum Gasteiger partial charge on any atom is -0.368 e. The van der Waals surface area contributed by atoms with Gasteiger partial charge in [-0.1, -0.05) is 49.9 Å². The fraction of sp³-hybridized carbons (Fsp3) is 0.667. The van der Waals surface area contributed by atoms with Crippen LogP contribution in [0.5, 0.6) is 0 Å². The second-order valence-electron chi connectivity index (χ2n) is 6.14. The third-order valence-corrected chi connectivity index (χ3v) is 4.44. The highest BCUT2D eigenvalue weighted by Crippen LogP contribution is 2.43. The van der Waals surface area contributed by atoms with Gasteiger partial charge in [-0.2, -0.15) is 0 Å². The molecule has 2 rings (SSSR count). The number of nitrogens with zero attached hydrogens (tertiary/aromatic N) is 1. The molecule has 1 aromatic heterocycles. The SMILES string of the molecule is CC(C)CC1(CNc2ncc(Cl)cc2Cl)CCCC1. The molecule has 0 aliphatic heterocycles. The Hall–Kier alpha value is -0.470. The maximum absolute atomic E-state index is 6.16. The normalized spacial score (nSPS) is 17.9. The van der Waals surface area contributed by atoms with Crippen LogP contribution < -0.4 is 5.32 Å². The van der Waals surface area contributed by atoms with Crippen LogP contribution in [0.2, 0.25) is 10.0 Å². The summed E-state index contributed by atoms with van der Waals surface area (Å²) in [6.45, 7) is 5.56. The van der Waals surface area contributed by atoms with Gasteiger partial charge in [0, 0.05) is 12.7 Å². The van der Waals surface area contributed by atoms with Crippen molar-refractivity contribution in [1.29, 1.82) is 0 Å². The van der Waals surface area contributed by atoms with Gasteiger partial charge >= 0.3 is 0 Å². The molecule has 1 saturated carbocycles. The van der Waals surface area contributed by atoms with E-state index in [0.717, 1.165) is 18.3 Å². The maximum atomic E-state index is 6.16. The molecule has 0 radical (unpaired) electrons. The number of pyridine rings is 1. The number of hydrogen-bond donors (Lipinski definition) is 1. The van der Waals surface area contributed by atoms with Crippen molar-refractivity contribution < 1.29 is 0 Å². The molecule has 0 saturated heterocycles. The Balaban J connectivity index is 2.02. The summed E-state index contributed by atoms with van der Waals surface area (Å²) in [4.78, 5) is 4.27. The number of anilines is 1. The molecule has 1 N–H and O–H groups in total. The first-order valence-corrected chi connectivity index (χ1v) is 7.81. The second-order valence-corrected chi connectivity index (χ2v) is 6.99. The van der Waals surface area contributed by atoms with Crippen molar-refractivity contribution in [3.8, 4) is 0 Å². The van der Waals surface area contributed by atoms with E-state index in [0.29, 0.717) is 15.5 Å². The van der Waals surface area contributed by atoms with Crippen LogP contribution in [-0.2, 0) is 0 Å². The number of hydrogen-bond acceptors (Lipinski definition) is 2. The summed E-state index contributed by atoms with van der Waals surface area (Å²) in [5.74, 6) is 1.48. The smallest absolute Gasteiger partial charge is 0.144 e. The molecule has 1 heterocycles. The minimum absolute atomic E-state index is 0.415. The van der Waals surface area contributed by atoms with Crippen LogP contribution in [0.15, 0.2) is 12.3 Å². The third kappa shape index (κ3) is 4.00. The van der Waals surface area contributed by atoms with E-state index in [1.165, 1.54) is 32.1 Å². The van der Waals surface area contributed by atoms with Crippen molar-refractivity contribution in [2.24, 2.45) is 11.3 Å². The number of nitrogens with one attached hydrogen (secondary N) is 1. The summed E-state index contributed by atoms with van der Waals surface area (Å²) in [5, 5.41) is 4.61. The van der Waals surface area contributed by atoms with Gasteiger partial charge in [-0.05, 0) is 36.7 Å². The van der Waals surface area contributed by atoms with Crippen LogP contribution in [-0.4, -0.2) is 11.5 Å². The Labute approximate surface area is 125 Å². The Bertz CT molecular complexity index is 426. The van der Waals surface area contributed by atoms with E-state index in [-0.39, 0.29) is 0 Å². The Morgan fingerprint density at radius 1 is 1.32 bits per heavy atom. The zero-order valence-corrected chi connectivity index (χ0v) is 13.2. The van der Waals surface area contributed by atoms with Gasteiger partial charge in [0.1, 0.15) is 5.82 Å². The summed E-state index contributed by atoms with van der Waals surface area (Å²) in [6.07, 6.45) is 8.21. The Morgan fingerprint density at radius 2 is 2.00 bits per heavy atom. The lowest BCUT2D eigenvalue weighted by atomic mass is 9.78. The van der Waals surface area contributed by atoms with Crippen molar-refractivity contribution in [2.75, 3.05) is 11.9 Å². The van der Waals surface area contributed by atoms with Crippen LogP contribution in [0.1, 0.15) is 46.0 Å². The van der Waals surface area contributed by atoms with Gasteiger partial charge in [0.2, 0.25) is 0 Å². The lowest BCUT2D eigenvalue weighted by Gasteiger charge is -2.31. The first-order valence-electron chi connectivity index (χ1n) is 7.06. The average molecular weight is 301 g/mol. The fourth-order valence-electron chi connectivity index (χ4n) is 3.26. The molecule has 0 atom stereocenters. The zero-order chi connectivity index (χ0) is 13.9. The van der Waals surface area contributed by atoms with Crippen molar-refractivity contribution in [3.63, 3.8) is 0 Å². The summed E-state index contributed by atoms with van der Waals surface area (Å²) in [7, 11) is 0. The van der Waals surface area contributed by atoms with Gasteiger partial charge < -0.3 is 5.32 Å². The molecule has 1 aliphatic carbocycles. The van der Waals surface area contributed by atoms with Crippen LogP contribution in [0.3, 0.4) is 0 Å². The Morgan fingerprint density at radius 3 is 2.58 bits per heavy atom. The van der Waals surface area contributed by atoms with Crippen molar-refractivity contribution >= 4 is 29.0 Å². The van der Waals surface area contributed by atoms with E-state index in [4.69, 9.17) is 23.2 Å². The van der Waals surface area contributed by atoms with Crippen LogP contribution >= 0.6 is 23.2 Å². The number of rotatable bonds is 5. The van der Waals surface area contributed by atoms with Crippen molar-refractivity contribution in [2.45, 2.75) is 46.0 Å². The van der Waals surface area contributed by atoms with E-state index in [2.05, 4.69) is 24.1 Å². The molecule has 106 valence electrons. The maximum Gasteiger partial charge on any atom is 0.144 e. The topological polar surface area (TPSA) is 24.9 Å². The molecule has 0 aromatic carbocycles. The van der Waals surface area contributed by atoms with Crippen molar-refractivity contribution in [1.82, 2.24) is 4.98 Å². The number of halogens is 2. The van der Waals surface area contributed by atoms with E-state index in [1.54, 1.807) is 12.3 Å². The standard InChI is InChI=1S/C15H22Cl2N2/c1-11(2)8-15(5-3-4-6-15)10-19-14-13(17)7-12(16)9-18-14/h7,9,11H,3-6,8,10H2,1-2H3,(H,18,19). The largest absolute Gasteiger partial charge is 0.368 e. The fourth-order valence-corrected chi connectivity index (χ4v) is 3.71. The van der Waals surface area contributed by atoms with Crippen molar-refractivity contribution in [3.05, 3.63) is 22.3 Å². The first kappa shape index (κ1) is 14.9. The molecule has 1 fully saturated rings. The van der Waals surface area contributed by atoms with Gasteiger partial charge in [0.15, 0.2) is 0 Å². The van der Waals surface area contributed by atoms with Gasteiger partial charge in [-0.25, -0.2) is 4.98 Å². The predicted octanol–water partition coefficient (Wildman–Crippen LogP) is 5.41. The summed E-state index contributed by atoms with van der Waals surface area (Å²) >= 11 is 12.0. The quantitative estimate of drug-likeness (QED) is 0.787. The molecule has 0 bridgehead atoms. The third-order valence-electron chi connectivity index (χ3n) is 3.94. The number of aromatic nitrogens is 1. The molecule has 0 spiro atoms. The van der Waals surface area contributed by atoms with E-state index >= 15 is 0 Å². The van der Waals surface area contributed by atoms with Crippen LogP contribution in [0.25, 0.3) is 0 Å². The monoisotopic (exact) mass is 300 g/mol. The predicted molar refractivity (Wildman–Crippen MR) is 83.1 cm³/mol. The van der Waals surface area contributed by atoms with Gasteiger partial charge in [0.05, 0.1) is 10.0 Å². The molecule has 0 amide bonds. The molecule has 0 unspecified atom stereocenters. The highest BCUT2D eigenvalue weighted by Gasteiger charge is 2.34. The molecular formula is C15H22Cl2N2. The molecule has 2 nitrogen and oxygen atoms in total. The minimum atomic E-state index is 0.415. The summed E-state index contributed by atoms with van der Waals surface area (Å²) in [6, 6.07) is 1.74. The molecule has 1 aromatic rings. The van der Waals surface area contributed by atoms with E-state index < -0.39 is 0 Å². The summed E-state index contributed by atoms with van der Waals surface area (Å²) < 4.78 is 0. The highest BCUT2D eigenvalue weighted by molar-refractivity contribution is 6.35. The lowest BCUT2D eigenvalue weighted by Crippen LogP contribution is -2.28. The molecule has 1 aliphatic rings. The zero-order valence-electron chi connectivity index (χ0n) is 11.7. The first-order chi connectivity index (χ1) is 9.01. The van der Waals surface area contributed by atoms with Crippen LogP contribution in [0, 0.1) is 11.3 Å². The van der Waals surface area contributed by atoms with E-state index in [1.807, 2.05) is 0 Å². The van der Waals surface area contributed by atoms with Gasteiger partial charge in [-0.15, -0.1) is 0 Å². The van der Waals surface area contributed by atoms with Crippen LogP contribution in [0.4, 0.5) is 5.82 Å². The average Bonchev–Trinajstić information content (AvgIpc) is 2.76.